The molecule has 0 radical (unpaired) electrons. The van der Waals surface area contributed by atoms with Crippen molar-refractivity contribution in [3.63, 3.8) is 0 Å². The molecule has 4 saturated carbocycles. The van der Waals surface area contributed by atoms with E-state index in [9.17, 15) is 91.9 Å². The van der Waals surface area contributed by atoms with Crippen LogP contribution in [-0.4, -0.2) is 327 Å². The number of carbonyl (C=O) groups excluding carboxylic acids is 1. The summed E-state index contributed by atoms with van der Waals surface area (Å²) >= 11 is 0. The highest BCUT2D eigenvalue weighted by Gasteiger charge is 2.71. The highest BCUT2D eigenvalue weighted by molar-refractivity contribution is 5.87. The molecule has 32 nitrogen and oxygen atoms in total. The van der Waals surface area contributed by atoms with Crippen molar-refractivity contribution in [3.05, 3.63) is 0 Å². The molecule has 32 heteroatoms. The van der Waals surface area contributed by atoms with Crippen LogP contribution in [0.25, 0.3) is 0 Å². The predicted octanol–water partition coefficient (Wildman–Crippen LogP) is -6.82. The number of hydrogen-bond acceptors (Lipinski definition) is 32. The van der Waals surface area contributed by atoms with Gasteiger partial charge in [-0.05, 0) is 86.9 Å². The van der Waals surface area contributed by atoms with Crippen LogP contribution in [0.5, 0.6) is 0 Å². The Hall–Kier alpha value is -1.57. The molecule has 0 unspecified atom stereocenters. The van der Waals surface area contributed by atoms with E-state index in [1.54, 1.807) is 0 Å². The lowest BCUT2D eigenvalue weighted by atomic mass is 9.44. The molecular formula is C61H100O32. The van der Waals surface area contributed by atoms with Crippen LogP contribution >= 0.6 is 0 Å². The van der Waals surface area contributed by atoms with Gasteiger partial charge in [0.1, 0.15) is 134 Å². The zero-order chi connectivity index (χ0) is 67.2. The molecule has 0 aromatic heterocycles. The fourth-order valence-electron chi connectivity index (χ4n) is 17.6. The van der Waals surface area contributed by atoms with Gasteiger partial charge in [-0.1, -0.05) is 27.7 Å². The Morgan fingerprint density at radius 1 is 0.538 bits per heavy atom. The van der Waals surface area contributed by atoms with E-state index < -0.39 is 228 Å². The normalized spacial score (nSPS) is 55.4. The molecule has 536 valence electrons. The van der Waals surface area contributed by atoms with Crippen LogP contribution < -0.4 is 0 Å². The fourth-order valence-corrected chi connectivity index (χ4v) is 17.6. The van der Waals surface area contributed by atoms with Crippen molar-refractivity contribution in [3.8, 4) is 0 Å². The topological polar surface area (TPSA) is 501 Å². The molecule has 4 aliphatic carbocycles. The maximum atomic E-state index is 15.0. The van der Waals surface area contributed by atoms with Gasteiger partial charge in [0, 0.05) is 30.1 Å². The average Bonchev–Trinajstić information content (AvgIpc) is 1.56. The molecule has 0 aromatic rings. The van der Waals surface area contributed by atoms with E-state index >= 15 is 4.79 Å². The second-order valence-corrected chi connectivity index (χ2v) is 28.8. The second-order valence-electron chi connectivity index (χ2n) is 28.8. The van der Waals surface area contributed by atoms with Gasteiger partial charge >= 0.3 is 0 Å². The molecular weight excluding hydrogens is 1240 g/mol. The largest absolute Gasteiger partial charge is 0.394 e. The van der Waals surface area contributed by atoms with Crippen LogP contribution in [0.1, 0.15) is 92.4 Å². The number of ether oxygens (including phenoxy) is 13. The predicted molar refractivity (Wildman–Crippen MR) is 304 cm³/mol. The SMILES string of the molecule is C[C@H](CC[C@@]1(O)O[C@H]2C[C@@H]3[C@@H]4CC[C@@H]5C[C@@H](O[C@@H]6O[C@H](CO)[C@H](O[C@@H]7O[C@H](CO)[C@@H](O)[C@H](O[C@@H]8OC[C@@H](O)[C@H](O)[C@H]8O)[C@H]7O[C@@H]7OC[C@H](O)[C@H](O)[C@H]7O)[C@H](O)[C@H]6O[C@@H]6O[C@@H](C)[C@H](O)[C@@H](O)[C@H]6O)CC[C@]5(C)[C@H]4CC(=O)[C@]3(C)[C@H]2[C@@H]1C)CO[C@@H]1O[C@H](CO)[C@@H](O)[C@H](O)[C@H]1O. The van der Waals surface area contributed by atoms with Crippen molar-refractivity contribution in [1.82, 2.24) is 0 Å². The maximum absolute atomic E-state index is 15.0. The third-order valence-electron chi connectivity index (χ3n) is 23.4. The lowest BCUT2D eigenvalue weighted by molar-refractivity contribution is -0.408. The first kappa shape index (κ1) is 72.7. The van der Waals surface area contributed by atoms with Gasteiger partial charge in [-0.15, -0.1) is 0 Å². The van der Waals surface area contributed by atoms with Gasteiger partial charge in [0.25, 0.3) is 0 Å². The lowest BCUT2D eigenvalue weighted by Crippen LogP contribution is -2.68. The smallest absolute Gasteiger partial charge is 0.187 e. The van der Waals surface area contributed by atoms with Crippen LogP contribution in [0.3, 0.4) is 0 Å². The summed E-state index contributed by atoms with van der Waals surface area (Å²) in [7, 11) is 0. The molecule has 93 heavy (non-hydrogen) atoms. The number of aliphatic hydroxyl groups is 18. The standard InChI is InChI=1S/C61H100O32/c1-21(18-81-53-46(77)43(74)40(71)32(15-62)86-53)8-11-61(80)22(2)36-31(93-61)13-28-26-7-6-24-12-25(9-10-59(24,4)27(26)14-35(67)60(28,36)5)85-57-51(91-56-47(78)42(73)37(68)23(3)84-56)48(79)49(34(17-64)88-57)89-58-52(92-55-45(76)39(70)30(66)20-83-55)50(41(72)33(16-63)87-58)90-54-44(75)38(69)29(65)19-82-54/h21-34,36-58,62-66,68-80H,6-20H2,1-5H3/t21-,22+,23+,24-,25+,26-,27+,28-,29-,30+,31+,32-,33-,34-,36+,37+,38+,39+,40-,41-,42-,43+,44-,45-,46-,47-,48+,49+,50+,51-,52-,53-,54+,55+,56+,57-,58+,59+,60-,61-/m1/s1. The van der Waals surface area contributed by atoms with E-state index in [1.807, 2.05) is 20.8 Å². The Morgan fingerprint density at radius 3 is 1.73 bits per heavy atom. The van der Waals surface area contributed by atoms with E-state index in [-0.39, 0.29) is 65.8 Å². The van der Waals surface area contributed by atoms with Crippen LogP contribution in [0.15, 0.2) is 0 Å². The van der Waals surface area contributed by atoms with Gasteiger partial charge < -0.3 is 153 Å². The first-order valence-electron chi connectivity index (χ1n) is 33.0. The van der Waals surface area contributed by atoms with Gasteiger partial charge in [-0.2, -0.15) is 0 Å². The quantitative estimate of drug-likeness (QED) is 0.0535. The van der Waals surface area contributed by atoms with Crippen molar-refractivity contribution in [2.75, 3.05) is 39.6 Å². The minimum absolute atomic E-state index is 0.00902. The summed E-state index contributed by atoms with van der Waals surface area (Å²) in [6, 6.07) is 0. The summed E-state index contributed by atoms with van der Waals surface area (Å²) in [4.78, 5) is 15.0. The number of fused-ring (bicyclic) bond motifs is 7. The summed E-state index contributed by atoms with van der Waals surface area (Å²) in [5.41, 5.74) is -1.13. The highest BCUT2D eigenvalue weighted by Crippen LogP contribution is 2.70. The van der Waals surface area contributed by atoms with Gasteiger partial charge in [0.05, 0.1) is 58.0 Å². The number of carbonyl (C=O) groups is 1. The minimum Gasteiger partial charge on any atom is -0.394 e. The van der Waals surface area contributed by atoms with Gasteiger partial charge in [-0.3, -0.25) is 4.79 Å². The zero-order valence-corrected chi connectivity index (χ0v) is 52.7. The van der Waals surface area contributed by atoms with Crippen molar-refractivity contribution < 1.29 is 158 Å². The highest BCUT2D eigenvalue weighted by atomic mass is 16.8. The summed E-state index contributed by atoms with van der Waals surface area (Å²) in [5.74, 6) is -2.15. The Balaban J connectivity index is 0.782. The number of hydrogen-bond donors (Lipinski definition) is 18. The first-order valence-corrected chi connectivity index (χ1v) is 33.0. The van der Waals surface area contributed by atoms with E-state index in [4.69, 9.17) is 61.6 Å². The van der Waals surface area contributed by atoms with Crippen molar-refractivity contribution >= 4 is 5.78 Å². The van der Waals surface area contributed by atoms with Crippen LogP contribution in [0, 0.1) is 52.3 Å². The van der Waals surface area contributed by atoms with E-state index in [1.165, 1.54) is 6.92 Å². The molecule has 18 N–H and O–H groups in total. The molecule has 0 spiro atoms. The van der Waals surface area contributed by atoms with Crippen molar-refractivity contribution in [2.24, 2.45) is 52.3 Å². The molecule has 11 rings (SSSR count). The van der Waals surface area contributed by atoms with Crippen LogP contribution in [0.4, 0.5) is 0 Å². The van der Waals surface area contributed by atoms with Crippen LogP contribution in [-0.2, 0) is 66.4 Å². The number of ketones is 1. The van der Waals surface area contributed by atoms with Gasteiger partial charge in [0.15, 0.2) is 43.5 Å². The zero-order valence-electron chi connectivity index (χ0n) is 52.7. The van der Waals surface area contributed by atoms with Crippen molar-refractivity contribution in [1.29, 1.82) is 0 Å². The third-order valence-corrected chi connectivity index (χ3v) is 23.4. The Labute approximate surface area is 537 Å². The van der Waals surface area contributed by atoms with E-state index in [0.29, 0.717) is 38.5 Å². The van der Waals surface area contributed by atoms with Crippen LogP contribution in [0.2, 0.25) is 0 Å². The molecule has 0 aromatic carbocycles. The van der Waals surface area contributed by atoms with E-state index in [0.717, 1.165) is 12.8 Å². The number of rotatable bonds is 19. The Kier molecular flexibility index (Phi) is 22.5. The maximum Gasteiger partial charge on any atom is 0.187 e. The molecule has 11 fully saturated rings. The average molecular weight is 1350 g/mol. The number of aliphatic hydroxyl groups excluding tert-OH is 17. The van der Waals surface area contributed by atoms with Gasteiger partial charge in [-0.25, -0.2) is 0 Å². The molecule has 7 saturated heterocycles. The second kappa shape index (κ2) is 28.8. The third kappa shape index (κ3) is 13.4. The minimum atomic E-state index is -2.00. The summed E-state index contributed by atoms with van der Waals surface area (Å²) in [6.45, 7) is 5.98. The molecule has 0 bridgehead atoms. The van der Waals surface area contributed by atoms with Gasteiger partial charge in [0.2, 0.25) is 0 Å². The molecule has 11 aliphatic rings. The fraction of sp³-hybridized carbons (Fsp3) is 0.984. The molecule has 0 amide bonds. The Bertz CT molecular complexity index is 2480. The summed E-state index contributed by atoms with van der Waals surface area (Å²) < 4.78 is 78.9. The molecule has 40 atom stereocenters. The lowest BCUT2D eigenvalue weighted by Gasteiger charge is -2.60. The number of Topliss-reactive ketones (excluding diaryl/α,β-unsaturated/α-hetero) is 1. The summed E-state index contributed by atoms with van der Waals surface area (Å²) in [5, 5.41) is 195. The first-order chi connectivity index (χ1) is 44.0. The monoisotopic (exact) mass is 1340 g/mol. The molecule has 7 aliphatic heterocycles. The molecule has 7 heterocycles. The van der Waals surface area contributed by atoms with Crippen molar-refractivity contribution in [2.45, 2.75) is 282 Å². The Morgan fingerprint density at radius 2 is 1.09 bits per heavy atom. The summed E-state index contributed by atoms with van der Waals surface area (Å²) in [6.07, 6.45) is -44.1. The van der Waals surface area contributed by atoms with E-state index in [2.05, 4.69) is 6.92 Å².